The molecule has 1 aromatic carbocycles. The van der Waals surface area contributed by atoms with Crippen molar-refractivity contribution < 1.29 is 13.2 Å². The number of hydrogen-bond donors (Lipinski definition) is 1. The Morgan fingerprint density at radius 2 is 2.05 bits per heavy atom. The third-order valence-corrected chi connectivity index (χ3v) is 4.24. The summed E-state index contributed by atoms with van der Waals surface area (Å²) in [6, 6.07) is 9.80. The quantitative estimate of drug-likeness (QED) is 0.915. The Bertz CT molecular complexity index is 748. The maximum absolute atomic E-state index is 11.5. The molecule has 7 heteroatoms. The van der Waals surface area contributed by atoms with E-state index in [4.69, 9.17) is 16.3 Å². The summed E-state index contributed by atoms with van der Waals surface area (Å²) >= 11 is 6.06. The Kier molecular flexibility index (Phi) is 4.69. The van der Waals surface area contributed by atoms with Gasteiger partial charge in [-0.3, -0.25) is 0 Å². The van der Waals surface area contributed by atoms with E-state index in [0.717, 1.165) is 6.26 Å². The molecule has 2 aromatic rings. The number of nitrogens with zero attached hydrogens (tertiary/aromatic N) is 1. The van der Waals surface area contributed by atoms with Gasteiger partial charge in [0.2, 0.25) is 0 Å². The Morgan fingerprint density at radius 1 is 1.29 bits per heavy atom. The number of aromatic nitrogens is 1. The molecule has 1 aromatic heterocycles. The molecule has 1 N–H and O–H groups in total. The fraction of sp³-hybridized carbons (Fsp3) is 0.214. The van der Waals surface area contributed by atoms with Crippen LogP contribution in [0.3, 0.4) is 0 Å². The van der Waals surface area contributed by atoms with E-state index in [-0.39, 0.29) is 11.5 Å². The maximum atomic E-state index is 11.5. The zero-order valence-electron chi connectivity index (χ0n) is 11.6. The van der Waals surface area contributed by atoms with Crippen molar-refractivity contribution in [2.45, 2.75) is 11.5 Å². The lowest BCUT2D eigenvalue weighted by molar-refractivity contribution is 0.301. The van der Waals surface area contributed by atoms with Crippen LogP contribution in [0.5, 0.6) is 5.75 Å². The van der Waals surface area contributed by atoms with Crippen molar-refractivity contribution in [3.8, 4) is 5.75 Å². The highest BCUT2D eigenvalue weighted by atomic mass is 35.5. The summed E-state index contributed by atoms with van der Waals surface area (Å²) in [5.74, 6) is 1.13. The molecule has 112 valence electrons. The predicted octanol–water partition coefficient (Wildman–Crippen LogP) is 2.76. The van der Waals surface area contributed by atoms with Crippen molar-refractivity contribution >= 4 is 27.3 Å². The van der Waals surface area contributed by atoms with Crippen LogP contribution in [0.2, 0.25) is 5.02 Å². The van der Waals surface area contributed by atoms with Crippen LogP contribution in [0.25, 0.3) is 0 Å². The molecule has 0 amide bonds. The van der Waals surface area contributed by atoms with E-state index in [1.54, 1.807) is 31.3 Å². The number of anilines is 1. The van der Waals surface area contributed by atoms with Crippen LogP contribution in [-0.2, 0) is 16.4 Å². The predicted molar refractivity (Wildman–Crippen MR) is 82.7 cm³/mol. The maximum Gasteiger partial charge on any atom is 0.175 e. The number of pyridine rings is 1. The molecule has 0 aliphatic heterocycles. The first-order chi connectivity index (χ1) is 9.90. The first kappa shape index (κ1) is 15.6. The van der Waals surface area contributed by atoms with E-state index in [1.807, 2.05) is 0 Å². The summed E-state index contributed by atoms with van der Waals surface area (Å²) in [6.45, 7) is 0.154. The standard InChI is InChI=1S/C14H15ClN2O3S/c1-16-14-7-6-12(15)13(17-14)9-20-10-4-3-5-11(8-10)21(2,18)19/h3-8H,9H2,1-2H3,(H,16,17). The normalized spacial score (nSPS) is 11.2. The van der Waals surface area contributed by atoms with Crippen LogP contribution in [0.4, 0.5) is 5.82 Å². The summed E-state index contributed by atoms with van der Waals surface area (Å²) in [5, 5.41) is 3.41. The molecule has 0 spiro atoms. The van der Waals surface area contributed by atoms with Crippen molar-refractivity contribution in [2.75, 3.05) is 18.6 Å². The molecule has 0 fully saturated rings. The molecular formula is C14H15ClN2O3S. The topological polar surface area (TPSA) is 68.3 Å². The summed E-state index contributed by atoms with van der Waals surface area (Å²) < 4.78 is 28.6. The molecule has 5 nitrogen and oxygen atoms in total. The van der Waals surface area contributed by atoms with E-state index in [0.29, 0.717) is 22.3 Å². The second-order valence-corrected chi connectivity index (χ2v) is 6.83. The van der Waals surface area contributed by atoms with E-state index >= 15 is 0 Å². The number of nitrogens with one attached hydrogen (secondary N) is 1. The summed E-state index contributed by atoms with van der Waals surface area (Å²) in [4.78, 5) is 4.50. The Hall–Kier alpha value is -1.79. The minimum absolute atomic E-state index is 0.154. The molecule has 0 aliphatic carbocycles. The van der Waals surface area contributed by atoms with Gasteiger partial charge in [-0.05, 0) is 30.3 Å². The van der Waals surface area contributed by atoms with Crippen LogP contribution in [-0.4, -0.2) is 26.7 Å². The SMILES string of the molecule is CNc1ccc(Cl)c(COc2cccc(S(C)(=O)=O)c2)n1. The second-order valence-electron chi connectivity index (χ2n) is 4.41. The van der Waals surface area contributed by atoms with Crippen LogP contribution < -0.4 is 10.1 Å². The van der Waals surface area contributed by atoms with Crippen molar-refractivity contribution in [3.05, 3.63) is 47.1 Å². The third kappa shape index (κ3) is 4.09. The zero-order valence-corrected chi connectivity index (χ0v) is 13.2. The second kappa shape index (κ2) is 6.32. The molecule has 2 rings (SSSR count). The zero-order chi connectivity index (χ0) is 15.5. The van der Waals surface area contributed by atoms with Gasteiger partial charge >= 0.3 is 0 Å². The van der Waals surface area contributed by atoms with Gasteiger partial charge in [0.05, 0.1) is 15.6 Å². The molecule has 0 saturated carbocycles. The van der Waals surface area contributed by atoms with E-state index in [1.165, 1.54) is 12.1 Å². The van der Waals surface area contributed by atoms with Crippen molar-refractivity contribution in [3.63, 3.8) is 0 Å². The van der Waals surface area contributed by atoms with Gasteiger partial charge in [0.1, 0.15) is 18.2 Å². The lowest BCUT2D eigenvalue weighted by Crippen LogP contribution is -2.03. The average Bonchev–Trinajstić information content (AvgIpc) is 2.46. The van der Waals surface area contributed by atoms with E-state index in [9.17, 15) is 8.42 Å². The van der Waals surface area contributed by atoms with Gasteiger partial charge in [0.15, 0.2) is 9.84 Å². The molecule has 21 heavy (non-hydrogen) atoms. The lowest BCUT2D eigenvalue weighted by Gasteiger charge is -2.09. The molecule has 0 atom stereocenters. The fourth-order valence-electron chi connectivity index (χ4n) is 1.67. The molecule has 0 saturated heterocycles. The molecule has 1 heterocycles. The highest BCUT2D eigenvalue weighted by Crippen LogP contribution is 2.21. The smallest absolute Gasteiger partial charge is 0.175 e. The van der Waals surface area contributed by atoms with Crippen LogP contribution >= 0.6 is 11.6 Å². The minimum Gasteiger partial charge on any atom is -0.487 e. The Balaban J connectivity index is 2.17. The minimum atomic E-state index is -3.26. The number of benzene rings is 1. The number of rotatable bonds is 5. The molecule has 0 bridgehead atoms. The van der Waals surface area contributed by atoms with Crippen LogP contribution in [0, 0.1) is 0 Å². The average molecular weight is 327 g/mol. The van der Waals surface area contributed by atoms with Crippen LogP contribution in [0.1, 0.15) is 5.69 Å². The summed E-state index contributed by atoms with van der Waals surface area (Å²) in [5.41, 5.74) is 0.577. The van der Waals surface area contributed by atoms with Gasteiger partial charge in [-0.2, -0.15) is 0 Å². The summed E-state index contributed by atoms with van der Waals surface area (Å²) in [6.07, 6.45) is 1.15. The van der Waals surface area contributed by atoms with Gasteiger partial charge in [0, 0.05) is 13.3 Å². The van der Waals surface area contributed by atoms with E-state index in [2.05, 4.69) is 10.3 Å². The van der Waals surface area contributed by atoms with Crippen molar-refractivity contribution in [1.82, 2.24) is 4.98 Å². The largest absolute Gasteiger partial charge is 0.487 e. The molecular weight excluding hydrogens is 312 g/mol. The number of sulfone groups is 1. The lowest BCUT2D eigenvalue weighted by atomic mass is 10.3. The van der Waals surface area contributed by atoms with E-state index < -0.39 is 9.84 Å². The summed E-state index contributed by atoms with van der Waals surface area (Å²) in [7, 11) is -1.50. The van der Waals surface area contributed by atoms with Crippen molar-refractivity contribution in [2.24, 2.45) is 0 Å². The van der Waals surface area contributed by atoms with Gasteiger partial charge in [-0.25, -0.2) is 13.4 Å². The van der Waals surface area contributed by atoms with Gasteiger partial charge in [-0.1, -0.05) is 17.7 Å². The van der Waals surface area contributed by atoms with Crippen LogP contribution in [0.15, 0.2) is 41.3 Å². The van der Waals surface area contributed by atoms with Crippen molar-refractivity contribution in [1.29, 1.82) is 0 Å². The molecule has 0 aliphatic rings. The highest BCUT2D eigenvalue weighted by molar-refractivity contribution is 7.90. The number of hydrogen-bond acceptors (Lipinski definition) is 5. The fourth-order valence-corrected chi connectivity index (χ4v) is 2.49. The molecule has 0 radical (unpaired) electrons. The third-order valence-electron chi connectivity index (χ3n) is 2.78. The first-order valence-corrected chi connectivity index (χ1v) is 8.43. The number of halogens is 1. The van der Waals surface area contributed by atoms with Gasteiger partial charge in [-0.15, -0.1) is 0 Å². The number of ether oxygens (including phenoxy) is 1. The Morgan fingerprint density at radius 3 is 2.71 bits per heavy atom. The molecule has 0 unspecified atom stereocenters. The monoisotopic (exact) mass is 326 g/mol. The highest BCUT2D eigenvalue weighted by Gasteiger charge is 2.09. The first-order valence-electron chi connectivity index (χ1n) is 6.16. The van der Waals surface area contributed by atoms with Gasteiger partial charge < -0.3 is 10.1 Å². The van der Waals surface area contributed by atoms with Gasteiger partial charge in [0.25, 0.3) is 0 Å². The Labute approximate surface area is 128 Å².